The molecule has 0 bridgehead atoms. The molecular formula is C25H29N7. The van der Waals surface area contributed by atoms with Crippen LogP contribution in [0.2, 0.25) is 0 Å². The Kier molecular flexibility index (Phi) is 5.62. The van der Waals surface area contributed by atoms with Crippen LogP contribution < -0.4 is 10.2 Å². The third-order valence-corrected chi connectivity index (χ3v) is 6.88. The molecule has 7 nitrogen and oxygen atoms in total. The summed E-state index contributed by atoms with van der Waals surface area (Å²) in [5.41, 5.74) is 6.64. The van der Waals surface area contributed by atoms with E-state index in [4.69, 9.17) is 10.4 Å². The zero-order valence-electron chi connectivity index (χ0n) is 18.8. The molecule has 2 aliphatic rings. The molecule has 3 aromatic rings. The highest BCUT2D eigenvalue weighted by Gasteiger charge is 2.31. The molecule has 5 rings (SSSR count). The molecule has 1 saturated heterocycles. The lowest BCUT2D eigenvalue weighted by Gasteiger charge is -2.39. The van der Waals surface area contributed by atoms with E-state index >= 15 is 0 Å². The van der Waals surface area contributed by atoms with Gasteiger partial charge in [-0.25, -0.2) is 0 Å². The predicted molar refractivity (Wildman–Crippen MR) is 124 cm³/mol. The van der Waals surface area contributed by atoms with E-state index in [9.17, 15) is 0 Å². The number of nitrogens with one attached hydrogen (secondary N) is 1. The van der Waals surface area contributed by atoms with Crippen LogP contribution in [0, 0.1) is 11.3 Å². The summed E-state index contributed by atoms with van der Waals surface area (Å²) in [6, 6.07) is 12.9. The molecule has 2 atom stereocenters. The molecule has 0 radical (unpaired) electrons. The van der Waals surface area contributed by atoms with Crippen molar-refractivity contribution in [2.24, 2.45) is 7.05 Å². The SMILES string of the molecule is CC1CC(NCc2cccc(C#N)c2)CCN1c1nnc(-c2ccnn2C)c2c1CCC2. The number of aromatic nitrogens is 4. The van der Waals surface area contributed by atoms with Gasteiger partial charge >= 0.3 is 0 Å². The van der Waals surface area contributed by atoms with Crippen LogP contribution in [0.3, 0.4) is 0 Å². The van der Waals surface area contributed by atoms with Gasteiger partial charge in [0.15, 0.2) is 5.82 Å². The normalized spacial score (nSPS) is 20.2. The number of rotatable bonds is 5. The molecule has 2 unspecified atom stereocenters. The maximum atomic E-state index is 9.11. The Hall–Kier alpha value is -3.24. The second-order valence-electron chi connectivity index (χ2n) is 8.98. The Labute approximate surface area is 189 Å². The van der Waals surface area contributed by atoms with Gasteiger partial charge in [-0.05, 0) is 68.4 Å². The molecule has 1 fully saturated rings. The van der Waals surface area contributed by atoms with Crippen molar-refractivity contribution in [3.05, 3.63) is 58.8 Å². The largest absolute Gasteiger partial charge is 0.352 e. The molecule has 7 heteroatoms. The smallest absolute Gasteiger partial charge is 0.155 e. The number of hydrogen-bond acceptors (Lipinski definition) is 6. The third-order valence-electron chi connectivity index (χ3n) is 6.88. The van der Waals surface area contributed by atoms with Gasteiger partial charge in [0.25, 0.3) is 0 Å². The maximum Gasteiger partial charge on any atom is 0.155 e. The number of benzene rings is 1. The van der Waals surface area contributed by atoms with Gasteiger partial charge < -0.3 is 10.2 Å². The fourth-order valence-corrected chi connectivity index (χ4v) is 5.20. The van der Waals surface area contributed by atoms with Crippen molar-refractivity contribution in [3.8, 4) is 17.5 Å². The Morgan fingerprint density at radius 2 is 2.06 bits per heavy atom. The Morgan fingerprint density at radius 3 is 2.84 bits per heavy atom. The van der Waals surface area contributed by atoms with Gasteiger partial charge in [0.05, 0.1) is 17.3 Å². The van der Waals surface area contributed by atoms with Crippen molar-refractivity contribution in [1.29, 1.82) is 5.26 Å². The number of piperidine rings is 1. The minimum absolute atomic E-state index is 0.397. The lowest BCUT2D eigenvalue weighted by molar-refractivity contribution is 0.364. The molecule has 1 aromatic carbocycles. The van der Waals surface area contributed by atoms with Crippen molar-refractivity contribution in [3.63, 3.8) is 0 Å². The highest BCUT2D eigenvalue weighted by Crippen LogP contribution is 2.37. The van der Waals surface area contributed by atoms with E-state index < -0.39 is 0 Å². The summed E-state index contributed by atoms with van der Waals surface area (Å²) in [4.78, 5) is 2.46. The summed E-state index contributed by atoms with van der Waals surface area (Å²) < 4.78 is 1.88. The highest BCUT2D eigenvalue weighted by molar-refractivity contribution is 5.66. The number of aryl methyl sites for hydroxylation is 1. The number of nitriles is 1. The second-order valence-corrected chi connectivity index (χ2v) is 8.98. The predicted octanol–water partition coefficient (Wildman–Crippen LogP) is 3.38. The van der Waals surface area contributed by atoms with Gasteiger partial charge in [0, 0.05) is 44.0 Å². The monoisotopic (exact) mass is 427 g/mol. The van der Waals surface area contributed by atoms with Crippen LogP contribution in [0.4, 0.5) is 5.82 Å². The second kappa shape index (κ2) is 8.71. The molecule has 1 N–H and O–H groups in total. The van der Waals surface area contributed by atoms with Gasteiger partial charge in [0.2, 0.25) is 0 Å². The average molecular weight is 428 g/mol. The fraction of sp³-hybridized carbons (Fsp3) is 0.440. The van der Waals surface area contributed by atoms with Crippen LogP contribution in [-0.4, -0.2) is 38.6 Å². The zero-order chi connectivity index (χ0) is 22.1. The maximum absolute atomic E-state index is 9.11. The molecule has 32 heavy (non-hydrogen) atoms. The van der Waals surface area contributed by atoms with Crippen molar-refractivity contribution in [2.45, 2.75) is 57.7 Å². The first-order valence-corrected chi connectivity index (χ1v) is 11.5. The first kappa shape index (κ1) is 20.7. The van der Waals surface area contributed by atoms with Crippen molar-refractivity contribution in [2.75, 3.05) is 11.4 Å². The van der Waals surface area contributed by atoms with Gasteiger partial charge in [-0.1, -0.05) is 12.1 Å². The Morgan fingerprint density at radius 1 is 1.19 bits per heavy atom. The molecule has 0 amide bonds. The third kappa shape index (κ3) is 3.87. The quantitative estimate of drug-likeness (QED) is 0.672. The Bertz CT molecular complexity index is 1160. The minimum atomic E-state index is 0.397. The zero-order valence-corrected chi connectivity index (χ0v) is 18.8. The van der Waals surface area contributed by atoms with Crippen LogP contribution >= 0.6 is 0 Å². The first-order chi connectivity index (χ1) is 15.6. The number of hydrogen-bond donors (Lipinski definition) is 1. The number of fused-ring (bicyclic) bond motifs is 1. The van der Waals surface area contributed by atoms with Gasteiger partial charge in [-0.3, -0.25) is 4.68 Å². The lowest BCUT2D eigenvalue weighted by Crippen LogP contribution is -2.48. The van der Waals surface area contributed by atoms with Crippen LogP contribution in [0.15, 0.2) is 36.5 Å². The standard InChI is InChI=1S/C25H29N7/c1-17-13-20(27-16-19-6-3-5-18(14-19)15-26)10-12-32(17)25-22-8-4-7-21(22)24(29-30-25)23-9-11-28-31(23)2/h3,5-6,9,11,14,17,20,27H,4,7-8,10,12-13,16H2,1-2H3. The van der Waals surface area contributed by atoms with Crippen LogP contribution in [0.1, 0.15) is 48.4 Å². The van der Waals surface area contributed by atoms with Gasteiger partial charge in [-0.15, -0.1) is 10.2 Å². The molecular weight excluding hydrogens is 398 g/mol. The molecule has 164 valence electrons. The van der Waals surface area contributed by atoms with Gasteiger partial charge in [0.1, 0.15) is 5.69 Å². The lowest BCUT2D eigenvalue weighted by atomic mass is 9.96. The van der Waals surface area contributed by atoms with Crippen LogP contribution in [-0.2, 0) is 26.4 Å². The van der Waals surface area contributed by atoms with E-state index in [0.29, 0.717) is 12.1 Å². The number of anilines is 1. The molecule has 2 aromatic heterocycles. The topological polar surface area (TPSA) is 82.7 Å². The summed E-state index contributed by atoms with van der Waals surface area (Å²) in [5, 5.41) is 26.5. The summed E-state index contributed by atoms with van der Waals surface area (Å²) in [6.45, 7) is 4.06. The van der Waals surface area contributed by atoms with Crippen molar-refractivity contribution in [1.82, 2.24) is 25.3 Å². The van der Waals surface area contributed by atoms with E-state index in [-0.39, 0.29) is 0 Å². The molecule has 0 spiro atoms. The van der Waals surface area contributed by atoms with E-state index in [2.05, 4.69) is 39.5 Å². The fourth-order valence-electron chi connectivity index (χ4n) is 5.20. The summed E-state index contributed by atoms with van der Waals surface area (Å²) in [7, 11) is 1.96. The summed E-state index contributed by atoms with van der Waals surface area (Å²) >= 11 is 0. The average Bonchev–Trinajstić information content (AvgIpc) is 3.47. The van der Waals surface area contributed by atoms with E-state index in [1.165, 1.54) is 11.1 Å². The van der Waals surface area contributed by atoms with Crippen LogP contribution in [0.25, 0.3) is 11.4 Å². The van der Waals surface area contributed by atoms with E-state index in [1.54, 1.807) is 0 Å². The minimum Gasteiger partial charge on any atom is -0.352 e. The molecule has 0 saturated carbocycles. The molecule has 3 heterocycles. The Balaban J connectivity index is 1.29. The van der Waals surface area contributed by atoms with Gasteiger partial charge in [-0.2, -0.15) is 10.4 Å². The first-order valence-electron chi connectivity index (χ1n) is 11.5. The number of nitrogens with zero attached hydrogens (tertiary/aromatic N) is 6. The summed E-state index contributed by atoms with van der Waals surface area (Å²) in [6.07, 6.45) is 7.26. The van der Waals surface area contributed by atoms with E-state index in [0.717, 1.165) is 73.5 Å². The molecule has 1 aliphatic heterocycles. The highest BCUT2D eigenvalue weighted by atomic mass is 15.3. The van der Waals surface area contributed by atoms with Crippen LogP contribution in [0.5, 0.6) is 0 Å². The van der Waals surface area contributed by atoms with E-state index in [1.807, 2.05) is 42.2 Å². The summed E-state index contributed by atoms with van der Waals surface area (Å²) in [5.74, 6) is 1.08. The van der Waals surface area contributed by atoms with Crippen molar-refractivity contribution < 1.29 is 0 Å². The van der Waals surface area contributed by atoms with Crippen molar-refractivity contribution >= 4 is 5.82 Å². The molecule has 1 aliphatic carbocycles.